The number of anilines is 1. The molecule has 3 nitrogen and oxygen atoms in total. The number of ether oxygens (including phenoxy) is 1. The number of hydrogen-bond acceptors (Lipinski definition) is 2. The molecule has 1 aromatic rings. The van der Waals surface area contributed by atoms with E-state index in [-0.39, 0.29) is 11.5 Å². The predicted octanol–water partition coefficient (Wildman–Crippen LogP) is 2.82. The summed E-state index contributed by atoms with van der Waals surface area (Å²) in [6.45, 7) is 7.44. The van der Waals surface area contributed by atoms with Crippen molar-refractivity contribution in [3.63, 3.8) is 0 Å². The number of nitrogens with one attached hydrogen (secondary N) is 1. The molecule has 3 heteroatoms. The van der Waals surface area contributed by atoms with Crippen LogP contribution in [0, 0.1) is 0 Å². The summed E-state index contributed by atoms with van der Waals surface area (Å²) in [5, 5.41) is 2.71. The van der Waals surface area contributed by atoms with Gasteiger partial charge in [-0.3, -0.25) is 4.79 Å². The van der Waals surface area contributed by atoms with Crippen LogP contribution in [0.5, 0.6) is 5.75 Å². The molecule has 82 valence electrons. The second kappa shape index (κ2) is 4.34. The quantitative estimate of drug-likeness (QED) is 0.809. The maximum Gasteiger partial charge on any atom is 0.221 e. The number of amides is 1. The lowest BCUT2D eigenvalue weighted by Gasteiger charge is -2.21. The van der Waals surface area contributed by atoms with Crippen molar-refractivity contribution in [3.05, 3.63) is 24.3 Å². The normalized spacial score (nSPS) is 10.9. The zero-order chi connectivity index (χ0) is 11.5. The maximum absolute atomic E-state index is 10.9. The smallest absolute Gasteiger partial charge is 0.221 e. The molecule has 0 aliphatic carbocycles. The van der Waals surface area contributed by atoms with Crippen molar-refractivity contribution in [2.45, 2.75) is 33.3 Å². The lowest BCUT2D eigenvalue weighted by Crippen LogP contribution is -2.23. The van der Waals surface area contributed by atoms with E-state index in [1.54, 1.807) is 0 Å². The van der Waals surface area contributed by atoms with E-state index in [0.29, 0.717) is 0 Å². The summed E-state index contributed by atoms with van der Waals surface area (Å²) in [7, 11) is 0. The minimum absolute atomic E-state index is 0.0806. The monoisotopic (exact) mass is 207 g/mol. The van der Waals surface area contributed by atoms with Crippen LogP contribution in [-0.4, -0.2) is 11.5 Å². The molecular formula is C12H17NO2. The van der Waals surface area contributed by atoms with Crippen molar-refractivity contribution in [3.8, 4) is 5.75 Å². The zero-order valence-corrected chi connectivity index (χ0v) is 9.63. The van der Waals surface area contributed by atoms with Gasteiger partial charge in [-0.25, -0.2) is 0 Å². The Balaban J connectivity index is 2.79. The van der Waals surface area contributed by atoms with Crippen molar-refractivity contribution in [1.82, 2.24) is 0 Å². The van der Waals surface area contributed by atoms with Gasteiger partial charge in [0.05, 0.1) is 0 Å². The lowest BCUT2D eigenvalue weighted by atomic mass is 10.2. The molecule has 1 aromatic carbocycles. The van der Waals surface area contributed by atoms with Gasteiger partial charge in [-0.2, -0.15) is 0 Å². The van der Waals surface area contributed by atoms with Crippen molar-refractivity contribution < 1.29 is 9.53 Å². The first kappa shape index (κ1) is 11.6. The summed E-state index contributed by atoms with van der Waals surface area (Å²) in [4.78, 5) is 10.9. The fraction of sp³-hybridized carbons (Fsp3) is 0.417. The van der Waals surface area contributed by atoms with Crippen LogP contribution >= 0.6 is 0 Å². The molecule has 1 rings (SSSR count). The Morgan fingerprint density at radius 3 is 2.53 bits per heavy atom. The minimum Gasteiger partial charge on any atom is -0.488 e. The number of rotatable bonds is 2. The Hall–Kier alpha value is -1.51. The van der Waals surface area contributed by atoms with E-state index in [2.05, 4.69) is 5.32 Å². The van der Waals surface area contributed by atoms with E-state index >= 15 is 0 Å². The molecule has 1 amide bonds. The van der Waals surface area contributed by atoms with E-state index in [0.717, 1.165) is 11.4 Å². The molecule has 0 radical (unpaired) electrons. The number of benzene rings is 1. The molecule has 0 saturated carbocycles. The predicted molar refractivity (Wildman–Crippen MR) is 61.1 cm³/mol. The fourth-order valence-electron chi connectivity index (χ4n) is 1.19. The van der Waals surface area contributed by atoms with Gasteiger partial charge < -0.3 is 10.1 Å². The number of carbonyl (C=O) groups excluding carboxylic acids is 1. The van der Waals surface area contributed by atoms with Gasteiger partial charge in [-0.1, -0.05) is 6.07 Å². The molecule has 0 unspecified atom stereocenters. The summed E-state index contributed by atoms with van der Waals surface area (Å²) in [5.41, 5.74) is 0.527. The van der Waals surface area contributed by atoms with Crippen LogP contribution in [0.3, 0.4) is 0 Å². The van der Waals surface area contributed by atoms with E-state index in [9.17, 15) is 4.79 Å². The standard InChI is InChI=1S/C12H17NO2/c1-9(14)13-10-6-5-7-11(8-10)15-12(2,3)4/h5-8H,1-4H3,(H,13,14). The average Bonchev–Trinajstić information content (AvgIpc) is 1.99. The largest absolute Gasteiger partial charge is 0.488 e. The second-order valence-electron chi connectivity index (χ2n) is 4.42. The highest BCUT2D eigenvalue weighted by molar-refractivity contribution is 5.88. The van der Waals surface area contributed by atoms with Crippen molar-refractivity contribution in [2.24, 2.45) is 0 Å². The third-order valence-electron chi connectivity index (χ3n) is 1.58. The van der Waals surface area contributed by atoms with Gasteiger partial charge in [0.2, 0.25) is 5.91 Å². The molecule has 0 spiro atoms. The number of carbonyl (C=O) groups is 1. The Morgan fingerprint density at radius 1 is 1.33 bits per heavy atom. The SMILES string of the molecule is CC(=O)Nc1cccc(OC(C)(C)C)c1. The first-order valence-corrected chi connectivity index (χ1v) is 4.93. The Bertz CT molecular complexity index is 353. The highest BCUT2D eigenvalue weighted by Crippen LogP contribution is 2.21. The van der Waals surface area contributed by atoms with E-state index in [1.807, 2.05) is 45.0 Å². The van der Waals surface area contributed by atoms with Gasteiger partial charge in [-0.05, 0) is 32.9 Å². The number of hydrogen-bond donors (Lipinski definition) is 1. The van der Waals surface area contributed by atoms with Crippen molar-refractivity contribution in [1.29, 1.82) is 0 Å². The van der Waals surface area contributed by atoms with Gasteiger partial charge >= 0.3 is 0 Å². The first-order valence-electron chi connectivity index (χ1n) is 4.93. The van der Waals surface area contributed by atoms with E-state index in [4.69, 9.17) is 4.74 Å². The zero-order valence-electron chi connectivity index (χ0n) is 9.63. The molecule has 0 saturated heterocycles. The van der Waals surface area contributed by atoms with Crippen LogP contribution in [0.15, 0.2) is 24.3 Å². The molecule has 0 fully saturated rings. The van der Waals surface area contributed by atoms with Gasteiger partial charge in [0.15, 0.2) is 0 Å². The van der Waals surface area contributed by atoms with Gasteiger partial charge in [0.25, 0.3) is 0 Å². The van der Waals surface area contributed by atoms with Crippen molar-refractivity contribution >= 4 is 11.6 Å². The highest BCUT2D eigenvalue weighted by atomic mass is 16.5. The van der Waals surface area contributed by atoms with Crippen LogP contribution in [0.25, 0.3) is 0 Å². The van der Waals surface area contributed by atoms with Crippen LogP contribution in [0.4, 0.5) is 5.69 Å². The first-order chi connectivity index (χ1) is 6.87. The summed E-state index contributed by atoms with van der Waals surface area (Å²) >= 11 is 0. The Kier molecular flexibility index (Phi) is 3.35. The van der Waals surface area contributed by atoms with Gasteiger partial charge in [0.1, 0.15) is 11.4 Å². The molecule has 0 aromatic heterocycles. The Morgan fingerprint density at radius 2 is 2.00 bits per heavy atom. The van der Waals surface area contributed by atoms with Gasteiger partial charge in [-0.15, -0.1) is 0 Å². The van der Waals surface area contributed by atoms with E-state index < -0.39 is 0 Å². The summed E-state index contributed by atoms with van der Waals surface area (Å²) in [5.74, 6) is 0.677. The highest BCUT2D eigenvalue weighted by Gasteiger charge is 2.11. The van der Waals surface area contributed by atoms with E-state index in [1.165, 1.54) is 6.92 Å². The van der Waals surface area contributed by atoms with Crippen LogP contribution in [0.1, 0.15) is 27.7 Å². The van der Waals surface area contributed by atoms with Gasteiger partial charge in [0, 0.05) is 18.7 Å². The molecule has 0 heterocycles. The molecule has 15 heavy (non-hydrogen) atoms. The average molecular weight is 207 g/mol. The third-order valence-corrected chi connectivity index (χ3v) is 1.58. The van der Waals surface area contributed by atoms with Crippen LogP contribution in [-0.2, 0) is 4.79 Å². The second-order valence-corrected chi connectivity index (χ2v) is 4.42. The summed E-state index contributed by atoms with van der Waals surface area (Å²) < 4.78 is 5.67. The minimum atomic E-state index is -0.227. The third kappa shape index (κ3) is 4.49. The Labute approximate surface area is 90.4 Å². The van der Waals surface area contributed by atoms with Crippen LogP contribution in [0.2, 0.25) is 0 Å². The maximum atomic E-state index is 10.9. The lowest BCUT2D eigenvalue weighted by molar-refractivity contribution is -0.114. The molecule has 1 N–H and O–H groups in total. The van der Waals surface area contributed by atoms with Crippen molar-refractivity contribution in [2.75, 3.05) is 5.32 Å². The molecule has 0 aliphatic heterocycles. The molecule has 0 bridgehead atoms. The topological polar surface area (TPSA) is 38.3 Å². The molecule has 0 atom stereocenters. The summed E-state index contributed by atoms with van der Waals surface area (Å²) in [6, 6.07) is 7.37. The van der Waals surface area contributed by atoms with Crippen LogP contribution < -0.4 is 10.1 Å². The fourth-order valence-corrected chi connectivity index (χ4v) is 1.19. The molecular weight excluding hydrogens is 190 g/mol. The summed E-state index contributed by atoms with van der Waals surface area (Å²) in [6.07, 6.45) is 0. The molecule has 0 aliphatic rings.